The van der Waals surface area contributed by atoms with Crippen LogP contribution in [0.25, 0.3) is 0 Å². The van der Waals surface area contributed by atoms with Crippen molar-refractivity contribution in [3.63, 3.8) is 0 Å². The van der Waals surface area contributed by atoms with E-state index in [1.54, 1.807) is 6.07 Å². The van der Waals surface area contributed by atoms with Crippen LogP contribution in [0.2, 0.25) is 0 Å². The molecule has 1 fully saturated rings. The van der Waals surface area contributed by atoms with Crippen molar-refractivity contribution in [2.45, 2.75) is 32.5 Å². The molecule has 24 heavy (non-hydrogen) atoms. The molecule has 0 unspecified atom stereocenters. The molecule has 0 radical (unpaired) electrons. The number of aliphatic hydroxyl groups is 1. The lowest BCUT2D eigenvalue weighted by atomic mass is 10.1. The summed E-state index contributed by atoms with van der Waals surface area (Å²) in [5, 5.41) is 9.42. The van der Waals surface area contributed by atoms with Gasteiger partial charge in [0.15, 0.2) is 0 Å². The maximum Gasteiger partial charge on any atom is 0.127 e. The van der Waals surface area contributed by atoms with Gasteiger partial charge < -0.3 is 5.11 Å². The van der Waals surface area contributed by atoms with Crippen molar-refractivity contribution in [3.8, 4) is 0 Å². The predicted molar refractivity (Wildman–Crippen MR) is 96.6 cm³/mol. The molecule has 1 aromatic carbocycles. The lowest BCUT2D eigenvalue weighted by molar-refractivity contribution is 0.0498. The standard InChI is InChI=1S/C19H25FN2OS/c1-15-6-7-18(24-15)14-21-9-10-22(17(13-21)8-11-23)12-16-4-2-3-5-19(16)20/h2-7,17,23H,8-14H2,1H3/t17-/m1/s1. The van der Waals surface area contributed by atoms with Gasteiger partial charge in [0.2, 0.25) is 0 Å². The highest BCUT2D eigenvalue weighted by molar-refractivity contribution is 7.11. The summed E-state index contributed by atoms with van der Waals surface area (Å²) >= 11 is 1.85. The molecule has 1 aliphatic heterocycles. The number of halogens is 1. The molecule has 1 atom stereocenters. The van der Waals surface area contributed by atoms with Gasteiger partial charge in [-0.3, -0.25) is 9.80 Å². The van der Waals surface area contributed by atoms with Crippen LogP contribution in [-0.4, -0.2) is 47.2 Å². The first-order chi connectivity index (χ1) is 11.7. The van der Waals surface area contributed by atoms with E-state index >= 15 is 0 Å². The number of benzene rings is 1. The zero-order valence-corrected chi connectivity index (χ0v) is 14.9. The van der Waals surface area contributed by atoms with Crippen molar-refractivity contribution in [3.05, 3.63) is 57.5 Å². The number of thiophene rings is 1. The zero-order valence-electron chi connectivity index (χ0n) is 14.1. The van der Waals surface area contributed by atoms with E-state index in [4.69, 9.17) is 0 Å². The molecule has 2 heterocycles. The second kappa shape index (κ2) is 8.21. The molecule has 130 valence electrons. The molecule has 1 saturated heterocycles. The number of hydrogen-bond donors (Lipinski definition) is 1. The van der Waals surface area contributed by atoms with Crippen molar-refractivity contribution in [1.29, 1.82) is 0 Å². The number of nitrogens with zero attached hydrogens (tertiary/aromatic N) is 2. The van der Waals surface area contributed by atoms with Gasteiger partial charge in [0.05, 0.1) is 0 Å². The van der Waals surface area contributed by atoms with E-state index in [1.807, 2.05) is 23.5 Å². The third kappa shape index (κ3) is 4.42. The molecular formula is C19H25FN2OS. The van der Waals surface area contributed by atoms with Crippen LogP contribution in [0.15, 0.2) is 36.4 Å². The van der Waals surface area contributed by atoms with E-state index in [0.717, 1.165) is 38.2 Å². The average Bonchev–Trinajstić information content (AvgIpc) is 2.97. The summed E-state index contributed by atoms with van der Waals surface area (Å²) in [6.07, 6.45) is 0.731. The fourth-order valence-electron chi connectivity index (χ4n) is 3.37. The Hall–Kier alpha value is -1.27. The van der Waals surface area contributed by atoms with Crippen LogP contribution in [0.1, 0.15) is 21.7 Å². The molecule has 0 amide bonds. The number of rotatable bonds is 6. The molecule has 0 saturated carbocycles. The summed E-state index contributed by atoms with van der Waals surface area (Å²) in [7, 11) is 0. The van der Waals surface area contributed by atoms with E-state index < -0.39 is 0 Å². The van der Waals surface area contributed by atoms with Crippen molar-refractivity contribution in [2.75, 3.05) is 26.2 Å². The Kier molecular flexibility index (Phi) is 6.00. The van der Waals surface area contributed by atoms with E-state index in [1.165, 1.54) is 15.8 Å². The third-order valence-electron chi connectivity index (χ3n) is 4.66. The Morgan fingerprint density at radius 3 is 2.71 bits per heavy atom. The predicted octanol–water partition coefficient (Wildman–Crippen LogP) is 3.26. The van der Waals surface area contributed by atoms with Crippen LogP contribution in [0.5, 0.6) is 0 Å². The van der Waals surface area contributed by atoms with Crippen molar-refractivity contribution < 1.29 is 9.50 Å². The van der Waals surface area contributed by atoms with Gasteiger partial charge in [0.25, 0.3) is 0 Å². The topological polar surface area (TPSA) is 26.7 Å². The number of hydrogen-bond acceptors (Lipinski definition) is 4. The first-order valence-electron chi connectivity index (χ1n) is 8.51. The Labute approximate surface area is 147 Å². The first kappa shape index (κ1) is 17.5. The van der Waals surface area contributed by atoms with E-state index in [2.05, 4.69) is 28.9 Å². The molecule has 1 aliphatic rings. The van der Waals surface area contributed by atoms with Gasteiger partial charge >= 0.3 is 0 Å². The smallest absolute Gasteiger partial charge is 0.127 e. The highest BCUT2D eigenvalue weighted by Gasteiger charge is 2.27. The summed E-state index contributed by atoms with van der Waals surface area (Å²) < 4.78 is 13.9. The van der Waals surface area contributed by atoms with Crippen molar-refractivity contribution in [1.82, 2.24) is 9.80 Å². The molecule has 0 spiro atoms. The Balaban J connectivity index is 1.63. The van der Waals surface area contributed by atoms with E-state index in [-0.39, 0.29) is 18.5 Å². The van der Waals surface area contributed by atoms with E-state index in [9.17, 15) is 9.50 Å². The van der Waals surface area contributed by atoms with Crippen LogP contribution in [0, 0.1) is 12.7 Å². The minimum absolute atomic E-state index is 0.142. The SMILES string of the molecule is Cc1ccc(CN2CCN(Cc3ccccc3F)[C@H](CCO)C2)s1. The Morgan fingerprint density at radius 1 is 1.17 bits per heavy atom. The van der Waals surface area contributed by atoms with Crippen LogP contribution in [0.3, 0.4) is 0 Å². The molecule has 0 aliphatic carbocycles. The lowest BCUT2D eigenvalue weighted by Gasteiger charge is -2.41. The van der Waals surface area contributed by atoms with Gasteiger partial charge in [0, 0.05) is 60.7 Å². The van der Waals surface area contributed by atoms with Gasteiger partial charge in [-0.25, -0.2) is 4.39 Å². The van der Waals surface area contributed by atoms with Crippen LogP contribution >= 0.6 is 11.3 Å². The molecule has 5 heteroatoms. The molecular weight excluding hydrogens is 323 g/mol. The summed E-state index contributed by atoms with van der Waals surface area (Å²) in [6, 6.07) is 11.6. The van der Waals surface area contributed by atoms with Gasteiger partial charge in [0.1, 0.15) is 5.82 Å². The fourth-order valence-corrected chi connectivity index (χ4v) is 4.30. The van der Waals surface area contributed by atoms with Crippen LogP contribution < -0.4 is 0 Å². The van der Waals surface area contributed by atoms with Crippen molar-refractivity contribution >= 4 is 11.3 Å². The Bertz CT molecular complexity index is 660. The first-order valence-corrected chi connectivity index (χ1v) is 9.33. The summed E-state index contributed by atoms with van der Waals surface area (Å²) in [5.41, 5.74) is 0.739. The lowest BCUT2D eigenvalue weighted by Crippen LogP contribution is -2.52. The maximum atomic E-state index is 13.9. The second-order valence-corrected chi connectivity index (χ2v) is 7.85. The quantitative estimate of drug-likeness (QED) is 0.868. The summed E-state index contributed by atoms with van der Waals surface area (Å²) in [4.78, 5) is 7.49. The minimum Gasteiger partial charge on any atom is -0.396 e. The monoisotopic (exact) mass is 348 g/mol. The van der Waals surface area contributed by atoms with Gasteiger partial charge in [-0.15, -0.1) is 11.3 Å². The average molecular weight is 348 g/mol. The molecule has 1 N–H and O–H groups in total. The molecule has 2 aromatic rings. The Morgan fingerprint density at radius 2 is 2.00 bits per heavy atom. The number of aryl methyl sites for hydroxylation is 1. The van der Waals surface area contributed by atoms with Gasteiger partial charge in [-0.1, -0.05) is 18.2 Å². The highest BCUT2D eigenvalue weighted by Crippen LogP contribution is 2.22. The zero-order chi connectivity index (χ0) is 16.9. The second-order valence-electron chi connectivity index (χ2n) is 6.48. The fraction of sp³-hybridized carbons (Fsp3) is 0.474. The largest absolute Gasteiger partial charge is 0.396 e. The normalized spacial score (nSPS) is 19.7. The molecule has 3 rings (SSSR count). The summed E-state index contributed by atoms with van der Waals surface area (Å²) in [6.45, 7) is 6.69. The van der Waals surface area contributed by atoms with Crippen molar-refractivity contribution in [2.24, 2.45) is 0 Å². The third-order valence-corrected chi connectivity index (χ3v) is 5.64. The highest BCUT2D eigenvalue weighted by atomic mass is 32.1. The number of aliphatic hydroxyl groups excluding tert-OH is 1. The van der Waals surface area contributed by atoms with E-state index in [0.29, 0.717) is 6.54 Å². The van der Waals surface area contributed by atoms with Gasteiger partial charge in [-0.05, 0) is 31.5 Å². The summed E-state index contributed by atoms with van der Waals surface area (Å²) in [5.74, 6) is -0.142. The minimum atomic E-state index is -0.142. The maximum absolute atomic E-state index is 13.9. The van der Waals surface area contributed by atoms with Crippen LogP contribution in [0.4, 0.5) is 4.39 Å². The molecule has 3 nitrogen and oxygen atoms in total. The molecule has 1 aromatic heterocycles. The van der Waals surface area contributed by atoms with Gasteiger partial charge in [-0.2, -0.15) is 0 Å². The molecule has 0 bridgehead atoms. The number of piperazine rings is 1. The van der Waals surface area contributed by atoms with Crippen LogP contribution in [-0.2, 0) is 13.1 Å².